The topological polar surface area (TPSA) is 60.3 Å². The summed E-state index contributed by atoms with van der Waals surface area (Å²) in [7, 11) is 0. The normalized spacial score (nSPS) is 15.0. The summed E-state index contributed by atoms with van der Waals surface area (Å²) in [5.41, 5.74) is 4.18. The first kappa shape index (κ1) is 18.6. The number of fused-ring (bicyclic) bond motifs is 1. The third kappa shape index (κ3) is 3.62. The van der Waals surface area contributed by atoms with E-state index in [0.717, 1.165) is 39.8 Å². The number of ether oxygens (including phenoxy) is 2. The zero-order valence-corrected chi connectivity index (χ0v) is 17.0. The number of nitrogens with zero attached hydrogens (tertiary/aromatic N) is 2. The molecule has 28 heavy (non-hydrogen) atoms. The molecule has 0 unspecified atom stereocenters. The molecular formula is C21H24N4O2S. The Hall–Kier alpha value is -2.80. The highest BCUT2D eigenvalue weighted by Gasteiger charge is 2.28. The summed E-state index contributed by atoms with van der Waals surface area (Å²) in [5.74, 6) is 2.51. The van der Waals surface area contributed by atoms with Crippen LogP contribution < -0.4 is 20.1 Å². The van der Waals surface area contributed by atoms with Crippen LogP contribution in [-0.4, -0.2) is 27.9 Å². The highest BCUT2D eigenvalue weighted by molar-refractivity contribution is 7.98. The van der Waals surface area contributed by atoms with Gasteiger partial charge in [-0.15, -0.1) is 0 Å². The fraction of sp³-hybridized carbons (Fsp3) is 0.286. The Labute approximate surface area is 169 Å². The van der Waals surface area contributed by atoms with Gasteiger partial charge in [-0.3, -0.25) is 0 Å². The van der Waals surface area contributed by atoms with E-state index >= 15 is 0 Å². The number of para-hydroxylation sites is 1. The molecule has 0 spiro atoms. The van der Waals surface area contributed by atoms with Gasteiger partial charge in [0.15, 0.2) is 17.0 Å². The van der Waals surface area contributed by atoms with Gasteiger partial charge in [0.1, 0.15) is 5.82 Å². The summed E-state index contributed by atoms with van der Waals surface area (Å²) >= 11 is 1.61. The van der Waals surface area contributed by atoms with Crippen LogP contribution in [0.5, 0.6) is 11.5 Å². The fourth-order valence-corrected chi connectivity index (χ4v) is 4.23. The molecule has 7 heteroatoms. The molecule has 0 saturated carbocycles. The fourth-order valence-electron chi connectivity index (χ4n) is 3.26. The molecule has 4 rings (SSSR count). The number of hydrogen-bond donors (Lipinski definition) is 2. The number of benzene rings is 2. The van der Waals surface area contributed by atoms with E-state index in [2.05, 4.69) is 28.8 Å². The van der Waals surface area contributed by atoms with Crippen LogP contribution in [-0.2, 0) is 0 Å². The molecular weight excluding hydrogens is 372 g/mol. The van der Waals surface area contributed by atoms with Crippen molar-refractivity contribution in [2.75, 3.05) is 23.8 Å². The Kier molecular flexibility index (Phi) is 5.34. The molecule has 1 aliphatic heterocycles. The standard InChI is InChI=1S/C21H24N4O2S/c1-4-26-17-12-11-15(13-18(17)27-5-2)19-14(3)24-25-20(19)23-21(28-25)22-16-9-7-6-8-10-16/h6-13,21-23H,4-5H2,1-3H3/t21-/m1/s1. The van der Waals surface area contributed by atoms with Crippen LogP contribution in [0.15, 0.2) is 48.5 Å². The molecule has 0 saturated heterocycles. The predicted octanol–water partition coefficient (Wildman–Crippen LogP) is 4.97. The van der Waals surface area contributed by atoms with E-state index in [4.69, 9.17) is 14.6 Å². The van der Waals surface area contributed by atoms with Crippen molar-refractivity contribution in [3.05, 3.63) is 54.2 Å². The maximum absolute atomic E-state index is 5.80. The van der Waals surface area contributed by atoms with Crippen molar-refractivity contribution in [1.82, 2.24) is 9.19 Å². The first-order valence-electron chi connectivity index (χ1n) is 9.44. The maximum atomic E-state index is 5.80. The van der Waals surface area contributed by atoms with Crippen molar-refractivity contribution < 1.29 is 9.47 Å². The van der Waals surface area contributed by atoms with Gasteiger partial charge in [-0.25, -0.2) is 0 Å². The number of nitrogens with one attached hydrogen (secondary N) is 2. The second kappa shape index (κ2) is 8.06. The smallest absolute Gasteiger partial charge is 0.168 e. The maximum Gasteiger partial charge on any atom is 0.168 e. The van der Waals surface area contributed by atoms with E-state index in [1.54, 1.807) is 11.9 Å². The summed E-state index contributed by atoms with van der Waals surface area (Å²) in [6.45, 7) is 7.17. The minimum Gasteiger partial charge on any atom is -0.490 e. The Morgan fingerprint density at radius 1 is 1.07 bits per heavy atom. The zero-order valence-electron chi connectivity index (χ0n) is 16.2. The Morgan fingerprint density at radius 3 is 2.57 bits per heavy atom. The first-order valence-corrected chi connectivity index (χ1v) is 10.3. The van der Waals surface area contributed by atoms with Gasteiger partial charge in [0.25, 0.3) is 0 Å². The minimum atomic E-state index is 0.0123. The summed E-state index contributed by atoms with van der Waals surface area (Å²) in [5, 5.41) is 11.7. The van der Waals surface area contributed by atoms with Gasteiger partial charge in [-0.05, 0) is 50.6 Å². The van der Waals surface area contributed by atoms with Crippen LogP contribution in [0.3, 0.4) is 0 Å². The third-order valence-electron chi connectivity index (χ3n) is 4.41. The number of aryl methyl sites for hydroxylation is 1. The van der Waals surface area contributed by atoms with Crippen LogP contribution >= 0.6 is 11.9 Å². The highest BCUT2D eigenvalue weighted by Crippen LogP contribution is 2.42. The largest absolute Gasteiger partial charge is 0.490 e. The first-order chi connectivity index (χ1) is 13.7. The summed E-state index contributed by atoms with van der Waals surface area (Å²) < 4.78 is 13.4. The van der Waals surface area contributed by atoms with Crippen LogP contribution in [0.4, 0.5) is 11.5 Å². The SMILES string of the molecule is CCOc1ccc(-c2c(C)nn3c2N[C@@H](Nc2ccccc2)S3)cc1OCC. The second-order valence-corrected chi connectivity index (χ2v) is 7.38. The van der Waals surface area contributed by atoms with Crippen LogP contribution in [0.1, 0.15) is 19.5 Å². The molecule has 1 atom stereocenters. The van der Waals surface area contributed by atoms with E-state index in [9.17, 15) is 0 Å². The van der Waals surface area contributed by atoms with Gasteiger partial charge in [0, 0.05) is 23.2 Å². The summed E-state index contributed by atoms with van der Waals surface area (Å²) in [6.07, 6.45) is 0. The number of hydrogen-bond acceptors (Lipinski definition) is 6. The van der Waals surface area contributed by atoms with E-state index in [1.807, 2.05) is 55.2 Å². The predicted molar refractivity (Wildman–Crippen MR) is 115 cm³/mol. The quantitative estimate of drug-likeness (QED) is 0.588. The Balaban J connectivity index is 1.62. The monoisotopic (exact) mass is 396 g/mol. The second-order valence-electron chi connectivity index (χ2n) is 6.35. The third-order valence-corrected chi connectivity index (χ3v) is 5.32. The Bertz CT molecular complexity index is 959. The van der Waals surface area contributed by atoms with Crippen LogP contribution in [0.25, 0.3) is 11.1 Å². The van der Waals surface area contributed by atoms with Crippen molar-refractivity contribution in [3.63, 3.8) is 0 Å². The number of aromatic nitrogens is 2. The molecule has 0 bridgehead atoms. The summed E-state index contributed by atoms with van der Waals surface area (Å²) in [6, 6.07) is 16.2. The molecule has 2 aromatic carbocycles. The van der Waals surface area contributed by atoms with Gasteiger partial charge in [-0.2, -0.15) is 9.19 Å². The minimum absolute atomic E-state index is 0.0123. The van der Waals surface area contributed by atoms with Crippen molar-refractivity contribution in [3.8, 4) is 22.6 Å². The van der Waals surface area contributed by atoms with Gasteiger partial charge in [0.05, 0.1) is 18.9 Å². The molecule has 3 aromatic rings. The lowest BCUT2D eigenvalue weighted by Crippen LogP contribution is -2.21. The van der Waals surface area contributed by atoms with Gasteiger partial charge < -0.3 is 20.1 Å². The average molecular weight is 397 g/mol. The lowest BCUT2D eigenvalue weighted by atomic mass is 10.0. The molecule has 146 valence electrons. The average Bonchev–Trinajstić information content (AvgIpc) is 3.20. The van der Waals surface area contributed by atoms with Crippen molar-refractivity contribution in [2.45, 2.75) is 26.3 Å². The van der Waals surface area contributed by atoms with E-state index < -0.39 is 0 Å². The van der Waals surface area contributed by atoms with Crippen molar-refractivity contribution >= 4 is 23.5 Å². The Morgan fingerprint density at radius 2 is 1.82 bits per heavy atom. The molecule has 1 aromatic heterocycles. The number of anilines is 2. The molecule has 0 amide bonds. The molecule has 0 fully saturated rings. The van der Waals surface area contributed by atoms with Crippen LogP contribution in [0, 0.1) is 6.92 Å². The lowest BCUT2D eigenvalue weighted by Gasteiger charge is -2.15. The zero-order chi connectivity index (χ0) is 19.5. The lowest BCUT2D eigenvalue weighted by molar-refractivity contribution is 0.288. The van der Waals surface area contributed by atoms with Gasteiger partial charge >= 0.3 is 0 Å². The van der Waals surface area contributed by atoms with Crippen molar-refractivity contribution in [1.29, 1.82) is 0 Å². The van der Waals surface area contributed by atoms with Gasteiger partial charge in [-0.1, -0.05) is 24.3 Å². The summed E-state index contributed by atoms with van der Waals surface area (Å²) in [4.78, 5) is 0. The molecule has 2 N–H and O–H groups in total. The van der Waals surface area contributed by atoms with E-state index in [1.165, 1.54) is 0 Å². The molecule has 2 heterocycles. The molecule has 0 radical (unpaired) electrons. The van der Waals surface area contributed by atoms with Gasteiger partial charge in [0.2, 0.25) is 0 Å². The van der Waals surface area contributed by atoms with E-state index in [0.29, 0.717) is 13.2 Å². The van der Waals surface area contributed by atoms with Crippen LogP contribution in [0.2, 0.25) is 0 Å². The molecule has 1 aliphatic rings. The highest BCUT2D eigenvalue weighted by atomic mass is 32.2. The number of rotatable bonds is 7. The molecule has 6 nitrogen and oxygen atoms in total. The van der Waals surface area contributed by atoms with Crippen molar-refractivity contribution in [2.24, 2.45) is 0 Å². The molecule has 0 aliphatic carbocycles. The van der Waals surface area contributed by atoms with E-state index in [-0.39, 0.29) is 5.50 Å².